The molecule has 0 radical (unpaired) electrons. The number of halogens is 2. The van der Waals surface area contributed by atoms with Crippen molar-refractivity contribution in [2.75, 3.05) is 12.4 Å². The van der Waals surface area contributed by atoms with Crippen LogP contribution in [0.2, 0.25) is 0 Å². The molecular formula is C19H16Br2O2. The van der Waals surface area contributed by atoms with Crippen LogP contribution in [0.25, 0.3) is 22.6 Å². The highest BCUT2D eigenvalue weighted by molar-refractivity contribution is 9.10. The number of rotatable bonds is 5. The SMILES string of the molecule is COc1ccc(-c2oc(-c3ccccc3)c(CCBr)c2Br)cc1. The van der Waals surface area contributed by atoms with Gasteiger partial charge in [0.1, 0.15) is 17.3 Å². The maximum absolute atomic E-state index is 6.24. The number of alkyl halides is 1. The first kappa shape index (κ1) is 16.3. The van der Waals surface area contributed by atoms with E-state index >= 15 is 0 Å². The van der Waals surface area contributed by atoms with Gasteiger partial charge >= 0.3 is 0 Å². The minimum atomic E-state index is 0.834. The average Bonchev–Trinajstić information content (AvgIpc) is 2.93. The van der Waals surface area contributed by atoms with Gasteiger partial charge in [0.2, 0.25) is 0 Å². The van der Waals surface area contributed by atoms with E-state index < -0.39 is 0 Å². The Morgan fingerprint density at radius 1 is 0.913 bits per heavy atom. The molecule has 1 aromatic heterocycles. The van der Waals surface area contributed by atoms with Crippen molar-refractivity contribution in [1.82, 2.24) is 0 Å². The molecule has 23 heavy (non-hydrogen) atoms. The quantitative estimate of drug-likeness (QED) is 0.437. The molecule has 0 saturated heterocycles. The number of hydrogen-bond acceptors (Lipinski definition) is 2. The van der Waals surface area contributed by atoms with Crippen molar-refractivity contribution < 1.29 is 9.15 Å². The van der Waals surface area contributed by atoms with Gasteiger partial charge in [0.25, 0.3) is 0 Å². The topological polar surface area (TPSA) is 22.4 Å². The first-order chi connectivity index (χ1) is 11.2. The van der Waals surface area contributed by atoms with Crippen LogP contribution < -0.4 is 4.74 Å². The molecule has 0 atom stereocenters. The van der Waals surface area contributed by atoms with Crippen LogP contribution in [0.5, 0.6) is 5.75 Å². The van der Waals surface area contributed by atoms with Crippen LogP contribution in [-0.4, -0.2) is 12.4 Å². The summed E-state index contributed by atoms with van der Waals surface area (Å²) in [5.74, 6) is 2.60. The lowest BCUT2D eigenvalue weighted by atomic mass is 10.1. The highest BCUT2D eigenvalue weighted by Crippen LogP contribution is 2.41. The molecule has 0 aliphatic heterocycles. The highest BCUT2D eigenvalue weighted by atomic mass is 79.9. The van der Waals surface area contributed by atoms with Gasteiger partial charge in [-0.2, -0.15) is 0 Å². The van der Waals surface area contributed by atoms with Gasteiger partial charge in [-0.15, -0.1) is 0 Å². The molecule has 3 aromatic rings. The number of benzene rings is 2. The minimum absolute atomic E-state index is 0.834. The summed E-state index contributed by atoms with van der Waals surface area (Å²) < 4.78 is 12.5. The highest BCUT2D eigenvalue weighted by Gasteiger charge is 2.20. The van der Waals surface area contributed by atoms with E-state index in [9.17, 15) is 0 Å². The first-order valence-electron chi connectivity index (χ1n) is 7.31. The van der Waals surface area contributed by atoms with Crippen molar-refractivity contribution in [3.8, 4) is 28.4 Å². The van der Waals surface area contributed by atoms with Crippen LogP contribution in [0.3, 0.4) is 0 Å². The van der Waals surface area contributed by atoms with Crippen molar-refractivity contribution in [3.05, 3.63) is 64.6 Å². The summed E-state index contributed by atoms with van der Waals surface area (Å²) in [6, 6.07) is 18.1. The molecule has 0 aliphatic carbocycles. The van der Waals surface area contributed by atoms with Crippen LogP contribution in [0.15, 0.2) is 63.5 Å². The summed E-state index contributed by atoms with van der Waals surface area (Å²) in [5, 5.41) is 0.882. The second-order valence-electron chi connectivity index (χ2n) is 5.09. The molecule has 3 rings (SSSR count). The molecule has 118 valence electrons. The van der Waals surface area contributed by atoms with E-state index in [1.165, 1.54) is 5.56 Å². The van der Waals surface area contributed by atoms with Gasteiger partial charge in [-0.25, -0.2) is 0 Å². The fraction of sp³-hybridized carbons (Fsp3) is 0.158. The minimum Gasteiger partial charge on any atom is -0.497 e. The normalized spacial score (nSPS) is 10.7. The Kier molecular flexibility index (Phi) is 5.23. The Hall–Kier alpha value is -1.52. The summed E-state index contributed by atoms with van der Waals surface area (Å²) in [4.78, 5) is 0. The molecule has 1 heterocycles. The van der Waals surface area contributed by atoms with Gasteiger partial charge in [0, 0.05) is 22.0 Å². The molecule has 2 aromatic carbocycles. The second kappa shape index (κ2) is 7.37. The van der Waals surface area contributed by atoms with Crippen LogP contribution >= 0.6 is 31.9 Å². The molecule has 0 amide bonds. The lowest BCUT2D eigenvalue weighted by Crippen LogP contribution is -1.88. The van der Waals surface area contributed by atoms with E-state index in [0.29, 0.717) is 0 Å². The predicted octanol–water partition coefficient (Wildman–Crippen LogP) is 6.32. The fourth-order valence-corrected chi connectivity index (χ4v) is 3.60. The zero-order chi connectivity index (χ0) is 16.2. The third kappa shape index (κ3) is 3.38. The summed E-state index contributed by atoms with van der Waals surface area (Å²) >= 11 is 7.26. The van der Waals surface area contributed by atoms with Gasteiger partial charge in [-0.1, -0.05) is 46.3 Å². The van der Waals surface area contributed by atoms with E-state index in [2.05, 4.69) is 44.0 Å². The molecule has 4 heteroatoms. The van der Waals surface area contributed by atoms with Gasteiger partial charge in [-0.3, -0.25) is 0 Å². The van der Waals surface area contributed by atoms with Crippen LogP contribution in [-0.2, 0) is 6.42 Å². The van der Waals surface area contributed by atoms with Gasteiger partial charge in [-0.05, 0) is 46.6 Å². The van der Waals surface area contributed by atoms with Crippen LogP contribution in [0, 0.1) is 0 Å². The van der Waals surface area contributed by atoms with E-state index in [0.717, 1.165) is 44.6 Å². The lowest BCUT2D eigenvalue weighted by Gasteiger charge is -2.01. The smallest absolute Gasteiger partial charge is 0.149 e. The maximum Gasteiger partial charge on any atom is 0.149 e. The largest absolute Gasteiger partial charge is 0.497 e. The summed E-state index contributed by atoms with van der Waals surface area (Å²) in [6.45, 7) is 0. The molecule has 0 bridgehead atoms. The zero-order valence-corrected chi connectivity index (χ0v) is 15.9. The monoisotopic (exact) mass is 434 g/mol. The molecule has 0 fully saturated rings. The number of hydrogen-bond donors (Lipinski definition) is 0. The summed E-state index contributed by atoms with van der Waals surface area (Å²) in [7, 11) is 1.67. The van der Waals surface area contributed by atoms with E-state index in [1.807, 2.05) is 42.5 Å². The first-order valence-corrected chi connectivity index (χ1v) is 9.23. The standard InChI is InChI=1S/C19H16Br2O2/c1-22-15-9-7-14(8-10-15)19-17(21)16(11-12-20)18(23-19)13-5-3-2-4-6-13/h2-10H,11-12H2,1H3. The third-order valence-electron chi connectivity index (χ3n) is 3.68. The molecule has 0 unspecified atom stereocenters. The molecule has 0 saturated carbocycles. The molecule has 0 aliphatic rings. The average molecular weight is 436 g/mol. The number of methoxy groups -OCH3 is 1. The second-order valence-corrected chi connectivity index (χ2v) is 6.67. The maximum atomic E-state index is 6.24. The Labute approximate surface area is 152 Å². The third-order valence-corrected chi connectivity index (χ3v) is 4.91. The number of ether oxygens (including phenoxy) is 1. The predicted molar refractivity (Wildman–Crippen MR) is 101 cm³/mol. The van der Waals surface area contributed by atoms with Crippen molar-refractivity contribution in [3.63, 3.8) is 0 Å². The zero-order valence-electron chi connectivity index (χ0n) is 12.7. The Morgan fingerprint density at radius 2 is 1.57 bits per heavy atom. The molecule has 0 N–H and O–H groups in total. The Morgan fingerprint density at radius 3 is 2.17 bits per heavy atom. The van der Waals surface area contributed by atoms with Gasteiger partial charge in [0.15, 0.2) is 0 Å². The van der Waals surface area contributed by atoms with Crippen LogP contribution in [0.1, 0.15) is 5.56 Å². The Balaban J connectivity index is 2.11. The number of furan rings is 1. The summed E-state index contributed by atoms with van der Waals surface area (Å²) in [5.41, 5.74) is 3.29. The molecule has 2 nitrogen and oxygen atoms in total. The van der Waals surface area contributed by atoms with Crippen molar-refractivity contribution in [1.29, 1.82) is 0 Å². The van der Waals surface area contributed by atoms with E-state index in [1.54, 1.807) is 7.11 Å². The molecule has 0 spiro atoms. The van der Waals surface area contributed by atoms with E-state index in [-0.39, 0.29) is 0 Å². The Bertz CT molecular complexity index is 777. The lowest BCUT2D eigenvalue weighted by molar-refractivity contribution is 0.415. The summed E-state index contributed by atoms with van der Waals surface area (Å²) in [6.07, 6.45) is 0.893. The van der Waals surface area contributed by atoms with Crippen LogP contribution in [0.4, 0.5) is 0 Å². The van der Waals surface area contributed by atoms with Crippen molar-refractivity contribution in [2.24, 2.45) is 0 Å². The fourth-order valence-electron chi connectivity index (χ4n) is 2.51. The molecular weight excluding hydrogens is 420 g/mol. The van der Waals surface area contributed by atoms with Gasteiger partial charge in [0.05, 0.1) is 11.6 Å². The van der Waals surface area contributed by atoms with Crippen molar-refractivity contribution >= 4 is 31.9 Å². The van der Waals surface area contributed by atoms with Gasteiger partial charge < -0.3 is 9.15 Å². The van der Waals surface area contributed by atoms with E-state index in [4.69, 9.17) is 9.15 Å². The van der Waals surface area contributed by atoms with Crippen molar-refractivity contribution in [2.45, 2.75) is 6.42 Å².